The summed E-state index contributed by atoms with van der Waals surface area (Å²) in [4.78, 5) is 0. The van der Waals surface area contributed by atoms with E-state index in [1.54, 1.807) is 18.0 Å². The first-order valence-electron chi connectivity index (χ1n) is 4.59. The van der Waals surface area contributed by atoms with Gasteiger partial charge in [0.15, 0.2) is 0 Å². The van der Waals surface area contributed by atoms with Crippen LogP contribution in [-0.4, -0.2) is 22.1 Å². The molecule has 0 saturated heterocycles. The van der Waals surface area contributed by atoms with E-state index in [0.717, 1.165) is 17.1 Å². The van der Waals surface area contributed by atoms with Gasteiger partial charge < -0.3 is 10.5 Å². The predicted octanol–water partition coefficient (Wildman–Crippen LogP) is 1.16. The fourth-order valence-electron chi connectivity index (χ4n) is 1.27. The molecule has 0 aliphatic carbocycles. The van der Waals surface area contributed by atoms with E-state index in [1.807, 2.05) is 24.3 Å². The van der Waals surface area contributed by atoms with Crippen LogP contribution in [0.15, 0.2) is 30.5 Å². The van der Waals surface area contributed by atoms with E-state index >= 15 is 0 Å². The van der Waals surface area contributed by atoms with Crippen molar-refractivity contribution in [2.45, 2.75) is 6.54 Å². The average Bonchev–Trinajstić information content (AvgIpc) is 2.78. The second-order valence-electron chi connectivity index (χ2n) is 3.06. The van der Waals surface area contributed by atoms with Crippen molar-refractivity contribution < 1.29 is 4.74 Å². The van der Waals surface area contributed by atoms with E-state index in [2.05, 4.69) is 10.3 Å². The molecule has 0 saturated carbocycles. The summed E-state index contributed by atoms with van der Waals surface area (Å²) in [5.74, 6) is 0.789. The largest absolute Gasteiger partial charge is 0.497 e. The molecule has 0 amide bonds. The molecule has 16 heavy (non-hydrogen) atoms. The monoisotopic (exact) mass is 240 g/mol. The van der Waals surface area contributed by atoms with Crippen molar-refractivity contribution in [1.82, 2.24) is 15.0 Å². The molecular weight excluding hydrogens is 228 g/mol. The molecule has 0 unspecified atom stereocenters. The number of rotatable bonds is 3. The summed E-state index contributed by atoms with van der Waals surface area (Å²) in [6.07, 6.45) is 1.80. The number of aromatic nitrogens is 3. The van der Waals surface area contributed by atoms with Gasteiger partial charge in [-0.05, 0) is 12.1 Å². The maximum Gasteiger partial charge on any atom is 0.121 e. The Morgan fingerprint density at radius 2 is 2.25 bits per heavy atom. The van der Waals surface area contributed by atoms with Gasteiger partial charge in [0, 0.05) is 12.6 Å². The third-order valence-electron chi connectivity index (χ3n) is 2.07. The first-order valence-corrected chi connectivity index (χ1v) is 4.59. The van der Waals surface area contributed by atoms with Crippen LogP contribution in [0.1, 0.15) is 5.69 Å². The third kappa shape index (κ3) is 2.50. The van der Waals surface area contributed by atoms with E-state index in [0.29, 0.717) is 6.54 Å². The van der Waals surface area contributed by atoms with Crippen LogP contribution in [0, 0.1) is 0 Å². The summed E-state index contributed by atoms with van der Waals surface area (Å²) in [5, 5.41) is 7.88. The Kier molecular flexibility index (Phi) is 4.28. The standard InChI is InChI=1S/C10H12N4O.ClH/c1-15-10-4-2-3-9(5-10)14-7-8(6-11)12-13-14;/h2-5,7H,6,11H2,1H3;1H. The first kappa shape index (κ1) is 12.5. The number of hydrogen-bond acceptors (Lipinski definition) is 4. The highest BCUT2D eigenvalue weighted by atomic mass is 35.5. The summed E-state index contributed by atoms with van der Waals surface area (Å²) in [5.41, 5.74) is 7.12. The van der Waals surface area contributed by atoms with Crippen LogP contribution in [-0.2, 0) is 6.54 Å². The number of nitrogens with two attached hydrogens (primary N) is 1. The Bertz CT molecular complexity index is 458. The molecule has 0 spiro atoms. The lowest BCUT2D eigenvalue weighted by Crippen LogP contribution is -1.96. The number of ether oxygens (including phenoxy) is 1. The quantitative estimate of drug-likeness (QED) is 0.874. The Morgan fingerprint density at radius 3 is 2.88 bits per heavy atom. The van der Waals surface area contributed by atoms with E-state index in [-0.39, 0.29) is 12.4 Å². The van der Waals surface area contributed by atoms with Crippen molar-refractivity contribution in [3.63, 3.8) is 0 Å². The molecule has 2 rings (SSSR count). The Balaban J connectivity index is 0.00000128. The molecule has 1 heterocycles. The molecule has 1 aromatic carbocycles. The Morgan fingerprint density at radius 1 is 1.44 bits per heavy atom. The molecule has 6 heteroatoms. The van der Waals surface area contributed by atoms with E-state index in [9.17, 15) is 0 Å². The SMILES string of the molecule is COc1cccc(-n2cc(CN)nn2)c1.Cl. The van der Waals surface area contributed by atoms with Crippen LogP contribution in [0.25, 0.3) is 5.69 Å². The number of methoxy groups -OCH3 is 1. The van der Waals surface area contributed by atoms with E-state index in [4.69, 9.17) is 10.5 Å². The molecule has 0 aliphatic rings. The first-order chi connectivity index (χ1) is 7.33. The summed E-state index contributed by atoms with van der Waals surface area (Å²) >= 11 is 0. The smallest absolute Gasteiger partial charge is 0.121 e. The van der Waals surface area contributed by atoms with Crippen LogP contribution in [0.4, 0.5) is 0 Å². The zero-order chi connectivity index (χ0) is 10.7. The lowest BCUT2D eigenvalue weighted by molar-refractivity contribution is 0.414. The molecule has 2 N–H and O–H groups in total. The summed E-state index contributed by atoms with van der Waals surface area (Å²) < 4.78 is 6.79. The molecule has 0 fully saturated rings. The minimum Gasteiger partial charge on any atom is -0.497 e. The maximum atomic E-state index is 5.46. The van der Waals surface area contributed by atoms with Crippen molar-refractivity contribution in [3.8, 4) is 11.4 Å². The van der Waals surface area contributed by atoms with Gasteiger partial charge in [0.1, 0.15) is 5.75 Å². The van der Waals surface area contributed by atoms with Gasteiger partial charge in [-0.3, -0.25) is 0 Å². The fourth-order valence-corrected chi connectivity index (χ4v) is 1.27. The molecule has 0 atom stereocenters. The summed E-state index contributed by atoms with van der Waals surface area (Å²) in [6.45, 7) is 0.393. The van der Waals surface area contributed by atoms with Gasteiger partial charge in [-0.1, -0.05) is 11.3 Å². The van der Waals surface area contributed by atoms with Gasteiger partial charge in [-0.25, -0.2) is 4.68 Å². The zero-order valence-electron chi connectivity index (χ0n) is 8.83. The van der Waals surface area contributed by atoms with Crippen molar-refractivity contribution >= 4 is 12.4 Å². The molecule has 86 valence electrons. The fraction of sp³-hybridized carbons (Fsp3) is 0.200. The van der Waals surface area contributed by atoms with Crippen molar-refractivity contribution in [2.75, 3.05) is 7.11 Å². The molecule has 5 nitrogen and oxygen atoms in total. The van der Waals surface area contributed by atoms with Crippen LogP contribution in [0.5, 0.6) is 5.75 Å². The number of hydrogen-bond donors (Lipinski definition) is 1. The highest BCUT2D eigenvalue weighted by molar-refractivity contribution is 5.85. The Hall–Kier alpha value is -1.59. The molecule has 1 aromatic heterocycles. The highest BCUT2D eigenvalue weighted by Crippen LogP contribution is 2.15. The summed E-state index contributed by atoms with van der Waals surface area (Å²) in [7, 11) is 1.63. The van der Waals surface area contributed by atoms with Gasteiger partial charge in [0.25, 0.3) is 0 Å². The molecule has 2 aromatic rings. The van der Waals surface area contributed by atoms with Crippen molar-refractivity contribution in [2.24, 2.45) is 5.73 Å². The van der Waals surface area contributed by atoms with Crippen LogP contribution < -0.4 is 10.5 Å². The van der Waals surface area contributed by atoms with Crippen molar-refractivity contribution in [1.29, 1.82) is 0 Å². The summed E-state index contributed by atoms with van der Waals surface area (Å²) in [6, 6.07) is 7.59. The Labute approximate surface area is 99.6 Å². The second-order valence-corrected chi connectivity index (χ2v) is 3.06. The van der Waals surface area contributed by atoms with Crippen LogP contribution >= 0.6 is 12.4 Å². The van der Waals surface area contributed by atoms with Crippen molar-refractivity contribution in [3.05, 3.63) is 36.2 Å². The maximum absolute atomic E-state index is 5.46. The average molecular weight is 241 g/mol. The van der Waals surface area contributed by atoms with Crippen LogP contribution in [0.3, 0.4) is 0 Å². The topological polar surface area (TPSA) is 66.0 Å². The van der Waals surface area contributed by atoms with Gasteiger partial charge in [0.2, 0.25) is 0 Å². The molecule has 0 bridgehead atoms. The van der Waals surface area contributed by atoms with Gasteiger partial charge in [-0.2, -0.15) is 0 Å². The molecule has 0 radical (unpaired) electrons. The normalized spacial score (nSPS) is 9.62. The van der Waals surface area contributed by atoms with E-state index in [1.165, 1.54) is 0 Å². The minimum atomic E-state index is 0. The number of benzene rings is 1. The van der Waals surface area contributed by atoms with Gasteiger partial charge in [-0.15, -0.1) is 17.5 Å². The number of halogens is 1. The minimum absolute atomic E-state index is 0. The number of nitrogens with zero attached hydrogens (tertiary/aromatic N) is 3. The molecular formula is C10H13ClN4O. The van der Waals surface area contributed by atoms with Crippen LogP contribution in [0.2, 0.25) is 0 Å². The predicted molar refractivity (Wildman–Crippen MR) is 63.1 cm³/mol. The van der Waals surface area contributed by atoms with Gasteiger partial charge >= 0.3 is 0 Å². The third-order valence-corrected chi connectivity index (χ3v) is 2.07. The van der Waals surface area contributed by atoms with E-state index < -0.39 is 0 Å². The lowest BCUT2D eigenvalue weighted by atomic mass is 10.3. The second kappa shape index (κ2) is 5.48. The highest BCUT2D eigenvalue weighted by Gasteiger charge is 2.01. The lowest BCUT2D eigenvalue weighted by Gasteiger charge is -2.02. The molecule has 0 aliphatic heterocycles. The van der Waals surface area contributed by atoms with Gasteiger partial charge in [0.05, 0.1) is 24.7 Å². The zero-order valence-corrected chi connectivity index (χ0v) is 9.65.